The molecule has 15 heavy (non-hydrogen) atoms. The molecule has 0 unspecified atom stereocenters. The Balaban J connectivity index is 3.05. The Labute approximate surface area is 108 Å². The van der Waals surface area contributed by atoms with Crippen molar-refractivity contribution in [1.82, 2.24) is 0 Å². The average Bonchev–Trinajstić information content (AvgIpc) is 2.26. The van der Waals surface area contributed by atoms with Gasteiger partial charge in [-0.15, -0.1) is 0 Å². The summed E-state index contributed by atoms with van der Waals surface area (Å²) in [4.78, 5) is 0. The number of hydrogen-bond donors (Lipinski definition) is 0. The molecule has 0 spiro atoms. The monoisotopic (exact) mass is 326 g/mol. The summed E-state index contributed by atoms with van der Waals surface area (Å²) in [6.45, 7) is 1.95. The lowest BCUT2D eigenvalue weighted by Crippen LogP contribution is -1.80. The minimum absolute atomic E-state index is 0.294. The van der Waals surface area contributed by atoms with Crippen molar-refractivity contribution in [3.8, 4) is 0 Å². The van der Waals surface area contributed by atoms with Gasteiger partial charge < -0.3 is 0 Å². The molecular weight excluding hydrogens is 302 g/mol. The van der Waals surface area contributed by atoms with E-state index in [2.05, 4.69) is 29.5 Å². The van der Waals surface area contributed by atoms with Gasteiger partial charge in [-0.3, -0.25) is 0 Å². The molecule has 0 aromatic carbocycles. The predicted molar refractivity (Wildman–Crippen MR) is 75.3 cm³/mol. The minimum atomic E-state index is -0.294. The summed E-state index contributed by atoms with van der Waals surface area (Å²) >= 11 is 2.08. The maximum atomic E-state index is 12.1. The van der Waals surface area contributed by atoms with Crippen molar-refractivity contribution < 1.29 is 4.39 Å². The van der Waals surface area contributed by atoms with Crippen LogP contribution in [0.5, 0.6) is 0 Å². The van der Waals surface area contributed by atoms with Crippen molar-refractivity contribution in [2.24, 2.45) is 0 Å². The maximum Gasteiger partial charge on any atom is 0.120 e. The third-order valence-corrected chi connectivity index (χ3v) is 3.28. The van der Waals surface area contributed by atoms with E-state index < -0.39 is 0 Å². The van der Waals surface area contributed by atoms with Gasteiger partial charge in [-0.25, -0.2) is 4.39 Å². The van der Waals surface area contributed by atoms with E-state index in [1.165, 1.54) is 51.4 Å². The van der Waals surface area contributed by atoms with Crippen LogP contribution in [0, 0.1) is 0 Å². The Morgan fingerprint density at radius 1 is 1.00 bits per heavy atom. The van der Waals surface area contributed by atoms with Gasteiger partial charge in [-0.2, -0.15) is 0 Å². The second-order valence-electron chi connectivity index (χ2n) is 4.05. The predicted octanol–water partition coefficient (Wildman–Crippen LogP) is 5.81. The summed E-state index contributed by atoms with van der Waals surface area (Å²) in [5, 5.41) is 0. The molecule has 0 fully saturated rings. The van der Waals surface area contributed by atoms with Crippen LogP contribution >= 0.6 is 22.6 Å². The first-order valence-electron chi connectivity index (χ1n) is 6.21. The second kappa shape index (κ2) is 12.5. The number of allylic oxidation sites excluding steroid dienone is 2. The molecule has 0 N–H and O–H groups in total. The van der Waals surface area contributed by atoms with Crippen LogP contribution in [0.4, 0.5) is 4.39 Å². The number of unbranched alkanes of at least 4 members (excludes halogenated alkanes) is 8. The molecule has 0 amide bonds. The number of alkyl halides is 1. The van der Waals surface area contributed by atoms with Gasteiger partial charge in [-0.05, 0) is 35.4 Å². The van der Waals surface area contributed by atoms with Crippen molar-refractivity contribution in [2.45, 2.75) is 64.7 Å². The summed E-state index contributed by atoms with van der Waals surface area (Å²) in [7, 11) is 0. The zero-order valence-corrected chi connectivity index (χ0v) is 12.1. The van der Waals surface area contributed by atoms with Crippen molar-refractivity contribution in [1.29, 1.82) is 0 Å². The summed E-state index contributed by atoms with van der Waals surface area (Å²) in [5.74, 6) is 0. The van der Waals surface area contributed by atoms with Crippen LogP contribution in [-0.2, 0) is 0 Å². The van der Waals surface area contributed by atoms with Crippen LogP contribution < -0.4 is 0 Å². The van der Waals surface area contributed by atoms with Gasteiger partial charge in [0.2, 0.25) is 0 Å². The van der Waals surface area contributed by atoms with E-state index in [0.29, 0.717) is 0 Å². The molecule has 0 saturated carbocycles. The molecule has 0 heterocycles. The van der Waals surface area contributed by atoms with Crippen molar-refractivity contribution >= 4 is 22.6 Å². The molecule has 0 aliphatic heterocycles. The lowest BCUT2D eigenvalue weighted by atomic mass is 10.1. The Bertz CT molecular complexity index is 155. The van der Waals surface area contributed by atoms with Crippen molar-refractivity contribution in [3.63, 3.8) is 0 Å². The van der Waals surface area contributed by atoms with Gasteiger partial charge in [0.25, 0.3) is 0 Å². The Hall–Kier alpha value is 0.400. The highest BCUT2D eigenvalue weighted by Gasteiger charge is 1.92. The van der Waals surface area contributed by atoms with Gasteiger partial charge in [-0.1, -0.05) is 57.9 Å². The summed E-state index contributed by atoms with van der Waals surface area (Å²) in [5.41, 5.74) is 0. The lowest BCUT2D eigenvalue weighted by molar-refractivity contribution is 0.556. The van der Waals surface area contributed by atoms with E-state index in [9.17, 15) is 4.39 Å². The van der Waals surface area contributed by atoms with Crippen LogP contribution in [-0.4, -0.2) is 6.67 Å². The number of rotatable bonds is 10. The zero-order chi connectivity index (χ0) is 11.4. The van der Waals surface area contributed by atoms with Gasteiger partial charge in [0.05, 0.1) is 0 Å². The Morgan fingerprint density at radius 2 is 1.53 bits per heavy atom. The second-order valence-corrected chi connectivity index (χ2v) is 5.43. The van der Waals surface area contributed by atoms with E-state index >= 15 is 0 Å². The molecular formula is C13H24FI. The van der Waals surface area contributed by atoms with Crippen molar-refractivity contribution in [2.75, 3.05) is 6.67 Å². The van der Waals surface area contributed by atoms with E-state index in [4.69, 9.17) is 0 Å². The van der Waals surface area contributed by atoms with Crippen LogP contribution in [0.25, 0.3) is 0 Å². The Kier molecular flexibility index (Phi) is 12.8. The SMILES string of the molecule is CCCCCCCCCC/C=C(\I)CF. The third-order valence-electron chi connectivity index (χ3n) is 2.55. The van der Waals surface area contributed by atoms with Gasteiger partial charge in [0.15, 0.2) is 0 Å². The zero-order valence-electron chi connectivity index (χ0n) is 9.90. The third kappa shape index (κ3) is 12.3. The summed E-state index contributed by atoms with van der Waals surface area (Å²) < 4.78 is 12.9. The molecule has 0 radical (unpaired) electrons. The standard InChI is InChI=1S/C13H24FI/c1-2-3-4-5-6-7-8-9-10-11-13(15)12-14/h11H,2-10,12H2,1H3/b13-11-. The van der Waals surface area contributed by atoms with E-state index in [-0.39, 0.29) is 6.67 Å². The van der Waals surface area contributed by atoms with Gasteiger partial charge in [0.1, 0.15) is 6.67 Å². The molecule has 0 atom stereocenters. The Morgan fingerprint density at radius 3 is 2.07 bits per heavy atom. The fourth-order valence-electron chi connectivity index (χ4n) is 1.59. The largest absolute Gasteiger partial charge is 0.245 e. The van der Waals surface area contributed by atoms with E-state index in [1.54, 1.807) is 0 Å². The molecule has 90 valence electrons. The van der Waals surface area contributed by atoms with Crippen LogP contribution in [0.3, 0.4) is 0 Å². The fraction of sp³-hybridized carbons (Fsp3) is 0.846. The van der Waals surface area contributed by atoms with Gasteiger partial charge in [0, 0.05) is 3.58 Å². The average molecular weight is 326 g/mol. The summed E-state index contributed by atoms with van der Waals surface area (Å²) in [6.07, 6.45) is 13.8. The molecule has 0 aromatic rings. The highest BCUT2D eigenvalue weighted by molar-refractivity contribution is 14.1. The van der Waals surface area contributed by atoms with Crippen LogP contribution in [0.1, 0.15) is 64.7 Å². The summed E-state index contributed by atoms with van der Waals surface area (Å²) in [6, 6.07) is 0. The topological polar surface area (TPSA) is 0 Å². The molecule has 0 aromatic heterocycles. The molecule has 0 nitrogen and oxygen atoms in total. The minimum Gasteiger partial charge on any atom is -0.245 e. The fourth-order valence-corrected chi connectivity index (χ4v) is 1.90. The number of halogens is 2. The maximum absolute atomic E-state index is 12.1. The van der Waals surface area contributed by atoms with Crippen LogP contribution in [0.15, 0.2) is 9.66 Å². The molecule has 0 aliphatic carbocycles. The normalized spacial score (nSPS) is 12.1. The van der Waals surface area contributed by atoms with Crippen LogP contribution in [0.2, 0.25) is 0 Å². The molecule has 0 rings (SSSR count). The highest BCUT2D eigenvalue weighted by atomic mass is 127. The molecule has 0 aliphatic rings. The smallest absolute Gasteiger partial charge is 0.120 e. The van der Waals surface area contributed by atoms with Crippen molar-refractivity contribution in [3.05, 3.63) is 9.66 Å². The number of hydrogen-bond acceptors (Lipinski definition) is 0. The first-order valence-corrected chi connectivity index (χ1v) is 7.29. The van der Waals surface area contributed by atoms with E-state index in [1.807, 2.05) is 6.08 Å². The van der Waals surface area contributed by atoms with E-state index in [0.717, 1.165) is 10.0 Å². The van der Waals surface area contributed by atoms with Gasteiger partial charge >= 0.3 is 0 Å². The lowest BCUT2D eigenvalue weighted by Gasteiger charge is -2.00. The molecule has 0 bridgehead atoms. The molecule has 2 heteroatoms. The highest BCUT2D eigenvalue weighted by Crippen LogP contribution is 2.12. The quantitative estimate of drug-likeness (QED) is 0.351. The molecule has 0 saturated heterocycles. The first kappa shape index (κ1) is 15.4. The first-order chi connectivity index (χ1) is 7.31.